The minimum atomic E-state index is -0.937. The molecule has 0 bridgehead atoms. The number of aliphatic hydroxyl groups is 1. The van der Waals surface area contributed by atoms with Gasteiger partial charge in [0.05, 0.1) is 0 Å². The van der Waals surface area contributed by atoms with Crippen LogP contribution in [-0.2, 0) is 5.60 Å². The number of nitrogens with zero attached hydrogens (tertiary/aromatic N) is 2. The first-order valence-electron chi connectivity index (χ1n) is 3.21. The molecule has 60 valence electrons. The fraction of sp³-hybridized carbons (Fsp3) is 0.429. The molecule has 0 atom stereocenters. The Morgan fingerprint density at radius 2 is 1.91 bits per heavy atom. The van der Waals surface area contributed by atoms with Crippen LogP contribution in [-0.4, -0.2) is 15.1 Å². The van der Waals surface area contributed by atoms with Gasteiger partial charge in [-0.25, -0.2) is 4.98 Å². The molecule has 1 aromatic rings. The third kappa shape index (κ3) is 1.97. The van der Waals surface area contributed by atoms with E-state index in [0.29, 0.717) is 10.3 Å². The second-order valence-corrected chi connectivity index (χ2v) is 3.51. The van der Waals surface area contributed by atoms with Gasteiger partial charge in [-0.3, -0.25) is 4.98 Å². The average molecular weight is 217 g/mol. The fourth-order valence-electron chi connectivity index (χ4n) is 0.731. The molecule has 0 saturated heterocycles. The number of halogens is 1. The van der Waals surface area contributed by atoms with Crippen LogP contribution in [0.5, 0.6) is 0 Å². The molecule has 1 heterocycles. The van der Waals surface area contributed by atoms with Crippen molar-refractivity contribution in [1.82, 2.24) is 9.97 Å². The highest BCUT2D eigenvalue weighted by Gasteiger charge is 2.20. The summed E-state index contributed by atoms with van der Waals surface area (Å²) in [5.41, 5.74) is -0.382. The summed E-state index contributed by atoms with van der Waals surface area (Å²) in [5, 5.41) is 9.54. The van der Waals surface area contributed by atoms with E-state index >= 15 is 0 Å². The van der Waals surface area contributed by atoms with E-state index in [9.17, 15) is 5.11 Å². The standard InChI is InChI=1S/C7H9BrN2O/c1-7(2,11)5-6(8)10-4-3-9-5/h3-4,11H,1-2H3. The van der Waals surface area contributed by atoms with Crippen molar-refractivity contribution in [2.45, 2.75) is 19.4 Å². The second kappa shape index (κ2) is 2.87. The van der Waals surface area contributed by atoms with Crippen molar-refractivity contribution in [3.05, 3.63) is 22.7 Å². The Balaban J connectivity index is 3.14. The molecule has 0 aromatic carbocycles. The van der Waals surface area contributed by atoms with E-state index < -0.39 is 5.60 Å². The van der Waals surface area contributed by atoms with Gasteiger partial charge in [0.25, 0.3) is 0 Å². The minimum absolute atomic E-state index is 0.556. The lowest BCUT2D eigenvalue weighted by Crippen LogP contribution is -2.18. The summed E-state index contributed by atoms with van der Waals surface area (Å²) in [6.07, 6.45) is 3.12. The molecule has 0 spiro atoms. The summed E-state index contributed by atoms with van der Waals surface area (Å²) >= 11 is 3.20. The van der Waals surface area contributed by atoms with E-state index in [2.05, 4.69) is 25.9 Å². The molecule has 11 heavy (non-hydrogen) atoms. The highest BCUT2D eigenvalue weighted by Crippen LogP contribution is 2.22. The van der Waals surface area contributed by atoms with E-state index in [4.69, 9.17) is 0 Å². The maximum atomic E-state index is 9.54. The maximum Gasteiger partial charge on any atom is 0.130 e. The van der Waals surface area contributed by atoms with Crippen molar-refractivity contribution in [1.29, 1.82) is 0 Å². The van der Waals surface area contributed by atoms with E-state index in [-0.39, 0.29) is 0 Å². The van der Waals surface area contributed by atoms with Crippen LogP contribution in [0.2, 0.25) is 0 Å². The van der Waals surface area contributed by atoms with Gasteiger partial charge in [0.1, 0.15) is 15.9 Å². The summed E-state index contributed by atoms with van der Waals surface area (Å²) in [6, 6.07) is 0. The third-order valence-corrected chi connectivity index (χ3v) is 1.81. The first-order valence-corrected chi connectivity index (χ1v) is 4.00. The Labute approximate surface area is 73.6 Å². The number of rotatable bonds is 1. The average Bonchev–Trinajstić information content (AvgIpc) is 1.86. The summed E-state index contributed by atoms with van der Waals surface area (Å²) in [5.74, 6) is 0. The normalized spacial score (nSPS) is 11.6. The molecule has 1 N–H and O–H groups in total. The van der Waals surface area contributed by atoms with Crippen molar-refractivity contribution in [2.75, 3.05) is 0 Å². The van der Waals surface area contributed by atoms with Gasteiger partial charge in [-0.1, -0.05) is 0 Å². The SMILES string of the molecule is CC(C)(O)c1nccnc1Br. The van der Waals surface area contributed by atoms with Crippen LogP contribution in [0.4, 0.5) is 0 Å². The zero-order valence-electron chi connectivity index (χ0n) is 6.37. The first-order chi connectivity index (χ1) is 5.02. The molecule has 0 aliphatic rings. The van der Waals surface area contributed by atoms with Crippen LogP contribution in [0.1, 0.15) is 19.5 Å². The van der Waals surface area contributed by atoms with Crippen molar-refractivity contribution >= 4 is 15.9 Å². The molecule has 0 radical (unpaired) electrons. The van der Waals surface area contributed by atoms with Crippen molar-refractivity contribution in [2.24, 2.45) is 0 Å². The van der Waals surface area contributed by atoms with Crippen molar-refractivity contribution in [3.63, 3.8) is 0 Å². The molecule has 0 amide bonds. The monoisotopic (exact) mass is 216 g/mol. The molecule has 0 aliphatic carbocycles. The van der Waals surface area contributed by atoms with Crippen molar-refractivity contribution < 1.29 is 5.11 Å². The Bertz CT molecular complexity index is 257. The molecule has 3 nitrogen and oxygen atoms in total. The van der Waals surface area contributed by atoms with E-state index in [0.717, 1.165) is 0 Å². The highest BCUT2D eigenvalue weighted by atomic mass is 79.9. The quantitative estimate of drug-likeness (QED) is 0.774. The summed E-state index contributed by atoms with van der Waals surface area (Å²) < 4.78 is 0.590. The molecule has 0 fully saturated rings. The molecule has 4 heteroatoms. The van der Waals surface area contributed by atoms with E-state index in [1.165, 1.54) is 0 Å². The van der Waals surface area contributed by atoms with Gasteiger partial charge in [-0.05, 0) is 29.8 Å². The first kappa shape index (κ1) is 8.62. The molecule has 1 rings (SSSR count). The topological polar surface area (TPSA) is 46.0 Å². The second-order valence-electron chi connectivity index (χ2n) is 2.75. The number of hydrogen-bond donors (Lipinski definition) is 1. The molecule has 0 unspecified atom stereocenters. The molecule has 1 aromatic heterocycles. The zero-order valence-corrected chi connectivity index (χ0v) is 7.96. The molecular formula is C7H9BrN2O. The van der Waals surface area contributed by atoms with Gasteiger partial charge in [-0.15, -0.1) is 0 Å². The Kier molecular flexibility index (Phi) is 2.25. The molecule has 0 saturated carbocycles. The van der Waals surface area contributed by atoms with Gasteiger partial charge >= 0.3 is 0 Å². The highest BCUT2D eigenvalue weighted by molar-refractivity contribution is 9.10. The predicted molar refractivity (Wildman–Crippen MR) is 45.0 cm³/mol. The third-order valence-electron chi connectivity index (χ3n) is 1.23. The van der Waals surface area contributed by atoms with Crippen molar-refractivity contribution in [3.8, 4) is 0 Å². The summed E-state index contributed by atoms with van der Waals surface area (Å²) in [4.78, 5) is 7.93. The fourth-order valence-corrected chi connectivity index (χ4v) is 1.44. The largest absolute Gasteiger partial charge is 0.384 e. The van der Waals surface area contributed by atoms with Crippen LogP contribution in [0.3, 0.4) is 0 Å². The van der Waals surface area contributed by atoms with Gasteiger partial charge < -0.3 is 5.11 Å². The van der Waals surface area contributed by atoms with Gasteiger partial charge in [0.15, 0.2) is 0 Å². The number of aromatic nitrogens is 2. The Hall–Kier alpha value is -0.480. The lowest BCUT2D eigenvalue weighted by atomic mass is 10.1. The van der Waals surface area contributed by atoms with E-state index in [1.54, 1.807) is 26.2 Å². The smallest absolute Gasteiger partial charge is 0.130 e. The van der Waals surface area contributed by atoms with Crippen LogP contribution >= 0.6 is 15.9 Å². The van der Waals surface area contributed by atoms with Crippen LogP contribution in [0, 0.1) is 0 Å². The Morgan fingerprint density at radius 3 is 2.27 bits per heavy atom. The molecule has 0 aliphatic heterocycles. The lowest BCUT2D eigenvalue weighted by Gasteiger charge is -2.16. The maximum absolute atomic E-state index is 9.54. The summed E-state index contributed by atoms with van der Waals surface area (Å²) in [6.45, 7) is 3.34. The Morgan fingerprint density at radius 1 is 1.36 bits per heavy atom. The van der Waals surface area contributed by atoms with E-state index in [1.807, 2.05) is 0 Å². The summed E-state index contributed by atoms with van der Waals surface area (Å²) in [7, 11) is 0. The van der Waals surface area contributed by atoms with Gasteiger partial charge in [0, 0.05) is 12.4 Å². The molecular weight excluding hydrogens is 208 g/mol. The zero-order chi connectivity index (χ0) is 8.48. The van der Waals surface area contributed by atoms with Crippen LogP contribution < -0.4 is 0 Å². The lowest BCUT2D eigenvalue weighted by molar-refractivity contribution is 0.0725. The number of hydrogen-bond acceptors (Lipinski definition) is 3. The minimum Gasteiger partial charge on any atom is -0.384 e. The van der Waals surface area contributed by atoms with Crippen LogP contribution in [0.15, 0.2) is 17.0 Å². The van der Waals surface area contributed by atoms with Gasteiger partial charge in [-0.2, -0.15) is 0 Å². The van der Waals surface area contributed by atoms with Crippen LogP contribution in [0.25, 0.3) is 0 Å². The van der Waals surface area contributed by atoms with Gasteiger partial charge in [0.2, 0.25) is 0 Å². The predicted octanol–water partition coefficient (Wildman–Crippen LogP) is 1.47.